The number of ether oxygens (including phenoxy) is 8. The van der Waals surface area contributed by atoms with E-state index in [1.807, 2.05) is 0 Å². The number of rotatable bonds is 35. The van der Waals surface area contributed by atoms with E-state index in [0.717, 1.165) is 31.1 Å². The zero-order valence-electron chi connectivity index (χ0n) is 45.4. The van der Waals surface area contributed by atoms with Gasteiger partial charge in [-0.15, -0.1) is 0 Å². The zero-order valence-corrected chi connectivity index (χ0v) is 46.2. The van der Waals surface area contributed by atoms with Gasteiger partial charge in [-0.3, -0.25) is 4.79 Å². The highest BCUT2D eigenvalue weighted by Crippen LogP contribution is 2.50. The van der Waals surface area contributed by atoms with Crippen molar-refractivity contribution in [2.75, 3.05) is 131 Å². The molecule has 5 aromatic rings. The largest absolute Gasteiger partial charge is 0.508 e. The van der Waals surface area contributed by atoms with Crippen molar-refractivity contribution >= 4 is 34.9 Å². The first kappa shape index (κ1) is 59.9. The fourth-order valence-electron chi connectivity index (χ4n) is 9.86. The van der Waals surface area contributed by atoms with Gasteiger partial charge in [0.1, 0.15) is 23.0 Å². The predicted octanol–water partition coefficient (Wildman–Crippen LogP) is 7.35. The summed E-state index contributed by atoms with van der Waals surface area (Å²) in [5.41, 5.74) is 7.33. The Morgan fingerprint density at radius 1 is 0.613 bits per heavy atom. The summed E-state index contributed by atoms with van der Waals surface area (Å²) in [5, 5.41) is 47.1. The van der Waals surface area contributed by atoms with Crippen LogP contribution in [-0.2, 0) is 44.4 Å². The number of carboxylic acid groups (broad SMARTS) is 1. The van der Waals surface area contributed by atoms with E-state index >= 15 is 0 Å². The monoisotopic (exact) mass is 1120 g/mol. The molecule has 2 heterocycles. The van der Waals surface area contributed by atoms with Crippen molar-refractivity contribution in [2.24, 2.45) is 5.92 Å². The molecule has 0 radical (unpaired) electrons. The van der Waals surface area contributed by atoms with Gasteiger partial charge >= 0.3 is 5.97 Å². The van der Waals surface area contributed by atoms with E-state index in [9.17, 15) is 24.9 Å². The number of aromatic carboxylic acids is 1. The van der Waals surface area contributed by atoms with E-state index in [2.05, 4.69) is 75.1 Å². The van der Waals surface area contributed by atoms with Crippen LogP contribution in [0.2, 0.25) is 0 Å². The molecule has 18 nitrogen and oxygen atoms in total. The number of hydrogen-bond acceptors (Lipinski definition) is 15. The van der Waals surface area contributed by atoms with Crippen LogP contribution in [0.1, 0.15) is 75.7 Å². The molecule has 1 saturated heterocycles. The van der Waals surface area contributed by atoms with Gasteiger partial charge in [-0.25, -0.2) is 4.79 Å². The molecule has 1 saturated carbocycles. The number of fused-ring (bicyclic) bond motifs is 2. The fraction of sp³-hybridized carbons (Fsp3) is 0.459. The van der Waals surface area contributed by atoms with Gasteiger partial charge in [-0.1, -0.05) is 66.7 Å². The maximum Gasteiger partial charge on any atom is 0.336 e. The molecule has 430 valence electrons. The van der Waals surface area contributed by atoms with Crippen LogP contribution in [0.5, 0.6) is 23.0 Å². The van der Waals surface area contributed by atoms with Crippen LogP contribution in [0.15, 0.2) is 103 Å². The first-order valence-corrected chi connectivity index (χ1v) is 28.3. The average Bonchev–Trinajstić information content (AvgIpc) is 4.28. The number of anilines is 1. The maximum atomic E-state index is 12.6. The standard InChI is InChI=1S/C61H77N5O13S/c67-48-10-13-51-56(38-48)79-57-39-49(68)11-14-52(57)59(51)50-12-9-47(37-54(50)60(70)71)66-61(80)64-21-23-73-25-27-75-29-31-77-33-35-78-34-32-76-30-28-74-26-24-72-22-20-63-58(69)15-4-42-2-1-3-46(36-42)44-5-7-45(8-6-44)53-40-55(53)65-41-43-16-18-62-19-17-43/h1-3,5-14,36-39,43,53,55,59,62,65,67-68H,4,15-35,40-41H2,(H,63,69)(H,70,71)(H2,64,66,80)/t53-,55+/m0/s1. The topological polar surface area (TPSA) is 229 Å². The molecule has 0 spiro atoms. The first-order valence-electron chi connectivity index (χ1n) is 27.9. The normalized spacial score (nSPS) is 15.8. The van der Waals surface area contributed by atoms with Crippen molar-refractivity contribution < 1.29 is 62.8 Å². The summed E-state index contributed by atoms with van der Waals surface area (Å²) in [6.45, 7) is 10.3. The highest BCUT2D eigenvalue weighted by Gasteiger charge is 2.38. The van der Waals surface area contributed by atoms with Crippen molar-refractivity contribution in [3.63, 3.8) is 0 Å². The molecule has 1 amide bonds. The Morgan fingerprint density at radius 2 is 1.16 bits per heavy atom. The summed E-state index contributed by atoms with van der Waals surface area (Å²) in [4.78, 5) is 25.1. The SMILES string of the molecule is O=C(CCc1cccc(-c2ccc([C@@H]3C[C@H]3NCC3CCNCC3)cc2)c1)NCCOCCOCCOCCOCCOCCOCCOCCNC(=S)Nc1ccc(C2c3ccc(O)cc3Oc3cc(O)ccc32)c(C(=O)O)c1. The van der Waals surface area contributed by atoms with Crippen molar-refractivity contribution in [2.45, 2.75) is 50.0 Å². The highest BCUT2D eigenvalue weighted by atomic mass is 32.1. The number of aryl methyl sites for hydroxylation is 1. The van der Waals surface area contributed by atoms with Crippen molar-refractivity contribution in [1.82, 2.24) is 21.3 Å². The summed E-state index contributed by atoms with van der Waals surface area (Å²) < 4.78 is 45.1. The number of phenolic OH excluding ortho intramolecular Hbond substituents is 2. The van der Waals surface area contributed by atoms with Crippen LogP contribution in [0.4, 0.5) is 5.69 Å². The van der Waals surface area contributed by atoms with Crippen molar-refractivity contribution in [3.8, 4) is 34.1 Å². The smallest absolute Gasteiger partial charge is 0.336 e. The number of amides is 1. The van der Waals surface area contributed by atoms with Crippen LogP contribution in [0.3, 0.4) is 0 Å². The third-order valence-corrected chi connectivity index (χ3v) is 14.4. The van der Waals surface area contributed by atoms with Crippen LogP contribution in [-0.4, -0.2) is 164 Å². The molecule has 80 heavy (non-hydrogen) atoms. The minimum atomic E-state index is -1.13. The minimum absolute atomic E-state index is 0.00179. The Kier molecular flexibility index (Phi) is 24.2. The van der Waals surface area contributed by atoms with Crippen molar-refractivity contribution in [1.29, 1.82) is 0 Å². The van der Waals surface area contributed by atoms with Gasteiger partial charge in [-0.2, -0.15) is 0 Å². The number of aromatic hydroxyl groups is 2. The van der Waals surface area contributed by atoms with Crippen LogP contribution < -0.4 is 31.3 Å². The Balaban J connectivity index is 0.556. The molecule has 2 aliphatic heterocycles. The quantitative estimate of drug-likeness (QED) is 0.0144. The molecule has 0 aromatic heterocycles. The van der Waals surface area contributed by atoms with E-state index in [1.165, 1.54) is 66.3 Å². The molecule has 2 atom stereocenters. The second-order valence-electron chi connectivity index (χ2n) is 20.0. The Hall–Kier alpha value is -6.23. The second kappa shape index (κ2) is 32.3. The predicted molar refractivity (Wildman–Crippen MR) is 309 cm³/mol. The number of piperidine rings is 1. The summed E-state index contributed by atoms with van der Waals surface area (Å²) >= 11 is 5.45. The molecule has 3 aliphatic rings. The lowest BCUT2D eigenvalue weighted by atomic mass is 9.80. The Morgan fingerprint density at radius 3 is 1.74 bits per heavy atom. The van der Waals surface area contributed by atoms with Crippen molar-refractivity contribution in [3.05, 3.63) is 137 Å². The molecule has 0 unspecified atom stereocenters. The van der Waals surface area contributed by atoms with Crippen LogP contribution in [0, 0.1) is 5.92 Å². The van der Waals surface area contributed by atoms with Crippen LogP contribution >= 0.6 is 12.2 Å². The molecule has 5 aromatic carbocycles. The first-order chi connectivity index (χ1) is 39.2. The number of nitrogens with one attached hydrogen (secondary N) is 5. The van der Waals surface area contributed by atoms with E-state index in [1.54, 1.807) is 24.3 Å². The Labute approximate surface area is 474 Å². The van der Waals surface area contributed by atoms with Gasteiger partial charge in [-0.05, 0) is 116 Å². The van der Waals surface area contributed by atoms with Gasteiger partial charge in [0.15, 0.2) is 5.11 Å². The number of hydrogen-bond donors (Lipinski definition) is 8. The van der Waals surface area contributed by atoms with E-state index < -0.39 is 11.9 Å². The zero-order chi connectivity index (χ0) is 55.7. The fourth-order valence-corrected chi connectivity index (χ4v) is 10.1. The molecule has 19 heteroatoms. The van der Waals surface area contributed by atoms with E-state index in [-0.39, 0.29) is 23.0 Å². The number of carbonyl (C=O) groups is 2. The third-order valence-electron chi connectivity index (χ3n) is 14.2. The lowest BCUT2D eigenvalue weighted by molar-refractivity contribution is -0.121. The van der Waals surface area contributed by atoms with E-state index in [0.29, 0.717) is 169 Å². The summed E-state index contributed by atoms with van der Waals surface area (Å²) in [6, 6.07) is 32.5. The van der Waals surface area contributed by atoms with Gasteiger partial charge < -0.3 is 79.8 Å². The summed E-state index contributed by atoms with van der Waals surface area (Å²) in [5.74, 6) is 0.495. The van der Waals surface area contributed by atoms with Crippen LogP contribution in [0.25, 0.3) is 11.1 Å². The highest BCUT2D eigenvalue weighted by molar-refractivity contribution is 7.80. The number of carboxylic acids is 1. The lowest BCUT2D eigenvalue weighted by Gasteiger charge is -2.30. The molecule has 1 aliphatic carbocycles. The lowest BCUT2D eigenvalue weighted by Crippen LogP contribution is -2.34. The Bertz CT molecular complexity index is 2690. The van der Waals surface area contributed by atoms with Gasteiger partial charge in [0.2, 0.25) is 5.91 Å². The number of carbonyl (C=O) groups excluding carboxylic acids is 1. The number of benzene rings is 5. The second-order valence-corrected chi connectivity index (χ2v) is 20.4. The number of thiocarbonyl (C=S) groups is 1. The van der Waals surface area contributed by atoms with E-state index in [4.69, 9.17) is 50.1 Å². The molecule has 0 bridgehead atoms. The summed E-state index contributed by atoms with van der Waals surface area (Å²) in [7, 11) is 0. The summed E-state index contributed by atoms with van der Waals surface area (Å²) in [6.07, 6.45) is 4.87. The maximum absolute atomic E-state index is 12.6. The number of phenols is 2. The molecular weight excluding hydrogens is 1040 g/mol. The van der Waals surface area contributed by atoms with Gasteiger partial charge in [0.25, 0.3) is 0 Å². The average molecular weight is 1120 g/mol. The minimum Gasteiger partial charge on any atom is -0.508 e. The molecule has 8 N–H and O–H groups in total. The molecule has 8 rings (SSSR count). The molecule has 2 fully saturated rings. The van der Waals surface area contributed by atoms with Gasteiger partial charge in [0.05, 0.1) is 98.1 Å². The third kappa shape index (κ3) is 19.2. The molecular formula is C61H77N5O13S. The van der Waals surface area contributed by atoms with Gasteiger partial charge in [0, 0.05) is 66.3 Å².